The van der Waals surface area contributed by atoms with Crippen LogP contribution in [0.4, 0.5) is 10.1 Å². The first-order valence-corrected chi connectivity index (χ1v) is 7.55. The van der Waals surface area contributed by atoms with E-state index in [9.17, 15) is 23.6 Å². The molecule has 1 aliphatic heterocycles. The monoisotopic (exact) mass is 356 g/mol. The van der Waals surface area contributed by atoms with Crippen molar-refractivity contribution in [3.8, 4) is 0 Å². The lowest BCUT2D eigenvalue weighted by atomic mass is 10.1. The van der Waals surface area contributed by atoms with Crippen LogP contribution in [-0.4, -0.2) is 42.2 Å². The number of fused-ring (bicyclic) bond motifs is 1. The van der Waals surface area contributed by atoms with Crippen LogP contribution in [0.25, 0.3) is 0 Å². The molecule has 0 spiro atoms. The standard InChI is InChI=1S/C18H13FN2O5/c1-26-18(25)10-6-7-13(19)14(8-10)20-15(22)9-21-16(23)11-4-2-3-5-12(11)17(21)24/h2-8H,9H2,1H3,(H,20,22). The van der Waals surface area contributed by atoms with Crippen LogP contribution in [0, 0.1) is 5.82 Å². The number of imide groups is 1. The molecule has 0 saturated heterocycles. The van der Waals surface area contributed by atoms with Crippen molar-refractivity contribution in [2.24, 2.45) is 0 Å². The highest BCUT2D eigenvalue weighted by Gasteiger charge is 2.36. The molecule has 0 saturated carbocycles. The average molecular weight is 356 g/mol. The van der Waals surface area contributed by atoms with Crippen LogP contribution in [0.15, 0.2) is 42.5 Å². The molecule has 0 aromatic heterocycles. The minimum Gasteiger partial charge on any atom is -0.465 e. The van der Waals surface area contributed by atoms with Crippen molar-refractivity contribution in [1.82, 2.24) is 4.90 Å². The lowest BCUT2D eigenvalue weighted by Crippen LogP contribution is -2.37. The molecule has 1 aliphatic rings. The number of carbonyl (C=O) groups is 4. The quantitative estimate of drug-likeness (QED) is 0.667. The molecule has 1 heterocycles. The maximum Gasteiger partial charge on any atom is 0.337 e. The molecule has 2 aromatic rings. The van der Waals surface area contributed by atoms with E-state index in [1.54, 1.807) is 12.1 Å². The largest absolute Gasteiger partial charge is 0.465 e. The van der Waals surface area contributed by atoms with Gasteiger partial charge in [0.2, 0.25) is 5.91 Å². The second-order valence-electron chi connectivity index (χ2n) is 5.48. The Hall–Kier alpha value is -3.55. The molecule has 7 nitrogen and oxygen atoms in total. The number of benzene rings is 2. The summed E-state index contributed by atoms with van der Waals surface area (Å²) in [6, 6.07) is 9.54. The van der Waals surface area contributed by atoms with Crippen LogP contribution in [0.3, 0.4) is 0 Å². The zero-order valence-electron chi connectivity index (χ0n) is 13.6. The third kappa shape index (κ3) is 3.04. The Labute approximate surface area is 147 Å². The maximum atomic E-state index is 13.9. The highest BCUT2D eigenvalue weighted by Crippen LogP contribution is 2.22. The molecule has 8 heteroatoms. The molecule has 26 heavy (non-hydrogen) atoms. The summed E-state index contributed by atoms with van der Waals surface area (Å²) >= 11 is 0. The van der Waals surface area contributed by atoms with Gasteiger partial charge in [-0.05, 0) is 30.3 Å². The molecular weight excluding hydrogens is 343 g/mol. The number of ether oxygens (including phenoxy) is 1. The summed E-state index contributed by atoms with van der Waals surface area (Å²) in [5, 5.41) is 2.26. The van der Waals surface area contributed by atoms with Gasteiger partial charge in [0, 0.05) is 0 Å². The summed E-state index contributed by atoms with van der Waals surface area (Å²) < 4.78 is 18.4. The summed E-state index contributed by atoms with van der Waals surface area (Å²) in [4.78, 5) is 48.9. The van der Waals surface area contributed by atoms with Gasteiger partial charge >= 0.3 is 5.97 Å². The molecule has 0 radical (unpaired) electrons. The first-order valence-electron chi connectivity index (χ1n) is 7.55. The van der Waals surface area contributed by atoms with E-state index < -0.39 is 36.1 Å². The Balaban J connectivity index is 1.75. The van der Waals surface area contributed by atoms with Gasteiger partial charge in [-0.1, -0.05) is 12.1 Å². The first-order chi connectivity index (χ1) is 12.4. The zero-order chi connectivity index (χ0) is 18.8. The van der Waals surface area contributed by atoms with Crippen LogP contribution in [-0.2, 0) is 9.53 Å². The van der Waals surface area contributed by atoms with E-state index in [-0.39, 0.29) is 22.4 Å². The van der Waals surface area contributed by atoms with E-state index in [4.69, 9.17) is 0 Å². The molecule has 3 rings (SSSR count). The van der Waals surface area contributed by atoms with E-state index in [1.165, 1.54) is 25.3 Å². The number of esters is 1. The molecule has 0 unspecified atom stereocenters. The molecule has 2 aromatic carbocycles. The van der Waals surface area contributed by atoms with Gasteiger partial charge in [-0.15, -0.1) is 0 Å². The fraction of sp³-hybridized carbons (Fsp3) is 0.111. The van der Waals surface area contributed by atoms with E-state index in [2.05, 4.69) is 10.1 Å². The van der Waals surface area contributed by atoms with E-state index in [0.717, 1.165) is 17.0 Å². The van der Waals surface area contributed by atoms with Gasteiger partial charge in [0.1, 0.15) is 12.4 Å². The highest BCUT2D eigenvalue weighted by atomic mass is 19.1. The Bertz CT molecular complexity index is 906. The van der Waals surface area contributed by atoms with Crippen molar-refractivity contribution < 1.29 is 28.3 Å². The van der Waals surface area contributed by atoms with Gasteiger partial charge in [-0.3, -0.25) is 19.3 Å². The Morgan fingerprint density at radius 1 is 1.08 bits per heavy atom. The molecule has 0 bridgehead atoms. The number of carbonyl (C=O) groups excluding carboxylic acids is 4. The summed E-state index contributed by atoms with van der Waals surface area (Å²) in [7, 11) is 1.17. The average Bonchev–Trinajstić information content (AvgIpc) is 2.88. The van der Waals surface area contributed by atoms with Crippen molar-refractivity contribution in [2.45, 2.75) is 0 Å². The Kier molecular flexibility index (Phi) is 4.49. The fourth-order valence-corrected chi connectivity index (χ4v) is 2.58. The number of nitrogens with zero attached hydrogens (tertiary/aromatic N) is 1. The normalized spacial score (nSPS) is 12.8. The van der Waals surface area contributed by atoms with Crippen molar-refractivity contribution in [3.05, 3.63) is 65.0 Å². The van der Waals surface area contributed by atoms with Crippen LogP contribution in [0.2, 0.25) is 0 Å². The SMILES string of the molecule is COC(=O)c1ccc(F)c(NC(=O)CN2C(=O)c3ccccc3C2=O)c1. The first kappa shape index (κ1) is 17.3. The van der Waals surface area contributed by atoms with Crippen molar-refractivity contribution in [2.75, 3.05) is 19.0 Å². The Morgan fingerprint density at radius 3 is 2.27 bits per heavy atom. The predicted molar refractivity (Wildman–Crippen MR) is 88.2 cm³/mol. The summed E-state index contributed by atoms with van der Waals surface area (Å²) in [6.45, 7) is -0.575. The smallest absolute Gasteiger partial charge is 0.337 e. The number of nitrogens with one attached hydrogen (secondary N) is 1. The highest BCUT2D eigenvalue weighted by molar-refractivity contribution is 6.22. The second-order valence-corrected chi connectivity index (χ2v) is 5.48. The summed E-state index contributed by atoms with van der Waals surface area (Å²) in [6.07, 6.45) is 0. The Morgan fingerprint density at radius 2 is 1.69 bits per heavy atom. The minimum absolute atomic E-state index is 0.0462. The number of rotatable bonds is 4. The number of hydrogen-bond acceptors (Lipinski definition) is 5. The van der Waals surface area contributed by atoms with Gasteiger partial charge in [0.05, 0.1) is 29.5 Å². The van der Waals surface area contributed by atoms with Crippen molar-refractivity contribution in [1.29, 1.82) is 0 Å². The van der Waals surface area contributed by atoms with Gasteiger partial charge in [0.25, 0.3) is 11.8 Å². The molecule has 0 fully saturated rings. The molecule has 132 valence electrons. The minimum atomic E-state index is -0.777. The number of amides is 3. The van der Waals surface area contributed by atoms with Crippen LogP contribution >= 0.6 is 0 Å². The molecule has 0 atom stereocenters. The van der Waals surface area contributed by atoms with Crippen LogP contribution in [0.1, 0.15) is 31.1 Å². The molecular formula is C18H13FN2O5. The van der Waals surface area contributed by atoms with Crippen molar-refractivity contribution in [3.63, 3.8) is 0 Å². The van der Waals surface area contributed by atoms with Gasteiger partial charge in [-0.2, -0.15) is 0 Å². The number of anilines is 1. The van der Waals surface area contributed by atoms with Crippen LogP contribution in [0.5, 0.6) is 0 Å². The van der Waals surface area contributed by atoms with E-state index in [1.807, 2.05) is 0 Å². The van der Waals surface area contributed by atoms with E-state index in [0.29, 0.717) is 0 Å². The maximum absolute atomic E-state index is 13.9. The molecule has 0 aliphatic carbocycles. The summed E-state index contributed by atoms with van der Waals surface area (Å²) in [5.74, 6) is -3.43. The third-order valence-corrected chi connectivity index (χ3v) is 3.84. The summed E-state index contributed by atoms with van der Waals surface area (Å²) in [5.41, 5.74) is 0.216. The number of methoxy groups -OCH3 is 1. The number of halogens is 1. The van der Waals surface area contributed by atoms with Gasteiger partial charge in [0.15, 0.2) is 0 Å². The van der Waals surface area contributed by atoms with Crippen molar-refractivity contribution >= 4 is 29.4 Å². The van der Waals surface area contributed by atoms with Gasteiger partial charge in [-0.25, -0.2) is 9.18 Å². The molecule has 1 N–H and O–H groups in total. The molecule has 3 amide bonds. The third-order valence-electron chi connectivity index (χ3n) is 3.84. The van der Waals surface area contributed by atoms with E-state index >= 15 is 0 Å². The predicted octanol–water partition coefficient (Wildman–Crippen LogP) is 1.85. The lowest BCUT2D eigenvalue weighted by molar-refractivity contribution is -0.116. The van der Waals surface area contributed by atoms with Crippen LogP contribution < -0.4 is 5.32 Å². The zero-order valence-corrected chi connectivity index (χ0v) is 13.6. The fourth-order valence-electron chi connectivity index (χ4n) is 2.58. The second kappa shape index (κ2) is 6.75. The van der Waals surface area contributed by atoms with Gasteiger partial charge < -0.3 is 10.1 Å². The number of hydrogen-bond donors (Lipinski definition) is 1. The topological polar surface area (TPSA) is 92.8 Å². The lowest BCUT2D eigenvalue weighted by Gasteiger charge is -2.14.